The summed E-state index contributed by atoms with van der Waals surface area (Å²) in [5, 5.41) is 18.8. The molecule has 2 N–H and O–H groups in total. The second-order valence-corrected chi connectivity index (χ2v) is 6.92. The molecule has 1 atom stereocenters. The molecule has 0 unspecified atom stereocenters. The molecule has 0 saturated carbocycles. The number of rotatable bonds is 3. The van der Waals surface area contributed by atoms with Crippen molar-refractivity contribution in [1.29, 1.82) is 0 Å². The Morgan fingerprint density at radius 1 is 1.36 bits per heavy atom. The monoisotopic (exact) mass is 304 g/mol. The fourth-order valence-electron chi connectivity index (χ4n) is 4.01. The van der Waals surface area contributed by atoms with Crippen molar-refractivity contribution in [3.8, 4) is 5.75 Å². The Kier molecular flexibility index (Phi) is 4.10. The lowest BCUT2D eigenvalue weighted by molar-refractivity contribution is -0.141. The third-order valence-electron chi connectivity index (χ3n) is 5.26. The molecule has 0 amide bonds. The molecule has 1 spiro atoms. The molecule has 2 aliphatic heterocycles. The summed E-state index contributed by atoms with van der Waals surface area (Å²) in [6.07, 6.45) is 2.89. The molecule has 2 heterocycles. The van der Waals surface area contributed by atoms with Gasteiger partial charge in [-0.3, -0.25) is 14.6 Å². The summed E-state index contributed by atoms with van der Waals surface area (Å²) >= 11 is 0. The zero-order valence-electron chi connectivity index (χ0n) is 13.0. The van der Waals surface area contributed by atoms with Gasteiger partial charge < -0.3 is 10.2 Å². The fraction of sp³-hybridized carbons (Fsp3) is 0.588. The summed E-state index contributed by atoms with van der Waals surface area (Å²) in [5.74, 6) is -0.380. The first-order chi connectivity index (χ1) is 10.5. The molecule has 0 bridgehead atoms. The van der Waals surface area contributed by atoms with Crippen LogP contribution in [0.15, 0.2) is 24.3 Å². The fourth-order valence-corrected chi connectivity index (χ4v) is 4.01. The summed E-state index contributed by atoms with van der Waals surface area (Å²) in [6.45, 7) is 3.73. The Labute approximate surface area is 131 Å². The number of carboxylic acids is 1. The third kappa shape index (κ3) is 3.10. The van der Waals surface area contributed by atoms with Gasteiger partial charge in [-0.25, -0.2) is 0 Å². The highest BCUT2D eigenvalue weighted by molar-refractivity contribution is 5.74. The van der Waals surface area contributed by atoms with Crippen LogP contribution in [0.2, 0.25) is 0 Å². The van der Waals surface area contributed by atoms with E-state index < -0.39 is 5.97 Å². The van der Waals surface area contributed by atoms with Crippen molar-refractivity contribution >= 4 is 5.97 Å². The molecule has 0 radical (unpaired) electrons. The van der Waals surface area contributed by atoms with Crippen molar-refractivity contribution in [1.82, 2.24) is 9.80 Å². The maximum Gasteiger partial charge on any atom is 0.320 e. The van der Waals surface area contributed by atoms with Crippen LogP contribution < -0.4 is 0 Å². The third-order valence-corrected chi connectivity index (χ3v) is 5.26. The zero-order valence-corrected chi connectivity index (χ0v) is 13.0. The normalized spacial score (nSPS) is 25.6. The van der Waals surface area contributed by atoms with Crippen LogP contribution in [0.1, 0.15) is 24.8 Å². The Morgan fingerprint density at radius 2 is 2.09 bits per heavy atom. The van der Waals surface area contributed by atoms with Crippen LogP contribution in [-0.4, -0.2) is 58.7 Å². The van der Waals surface area contributed by atoms with E-state index in [2.05, 4.69) is 4.90 Å². The van der Waals surface area contributed by atoms with E-state index in [1.54, 1.807) is 6.07 Å². The first-order valence-electron chi connectivity index (χ1n) is 7.91. The van der Waals surface area contributed by atoms with Gasteiger partial charge in [-0.05, 0) is 62.5 Å². The number of carbonyl (C=O) groups is 1. The number of piperidine rings is 1. The number of hydrogen-bond donors (Lipinski definition) is 2. The van der Waals surface area contributed by atoms with E-state index in [0.29, 0.717) is 5.75 Å². The molecule has 22 heavy (non-hydrogen) atoms. The summed E-state index contributed by atoms with van der Waals surface area (Å²) in [4.78, 5) is 15.7. The lowest BCUT2D eigenvalue weighted by Crippen LogP contribution is -2.40. The van der Waals surface area contributed by atoms with E-state index in [0.717, 1.165) is 51.0 Å². The van der Waals surface area contributed by atoms with E-state index in [4.69, 9.17) is 0 Å². The van der Waals surface area contributed by atoms with Crippen molar-refractivity contribution in [3.63, 3.8) is 0 Å². The number of carboxylic acid groups (broad SMARTS) is 1. The Morgan fingerprint density at radius 3 is 2.68 bits per heavy atom. The van der Waals surface area contributed by atoms with E-state index in [9.17, 15) is 15.0 Å². The van der Waals surface area contributed by atoms with Crippen LogP contribution in [0, 0.1) is 5.41 Å². The maximum absolute atomic E-state index is 11.3. The van der Waals surface area contributed by atoms with Crippen LogP contribution in [0.5, 0.6) is 5.75 Å². The van der Waals surface area contributed by atoms with Gasteiger partial charge in [0.05, 0.1) is 0 Å². The van der Waals surface area contributed by atoms with Crippen molar-refractivity contribution < 1.29 is 15.0 Å². The second kappa shape index (κ2) is 5.89. The summed E-state index contributed by atoms with van der Waals surface area (Å²) < 4.78 is 0. The standard InChI is InChI=1S/C17H24N2O3/c1-18-12-17(10-15(18)16(21)22)5-7-19(8-6-17)11-13-3-2-4-14(20)9-13/h2-4,9,15,20H,5-8,10-12H2,1H3,(H,21,22)/t15-/m0/s1. The maximum atomic E-state index is 11.3. The largest absolute Gasteiger partial charge is 0.508 e. The molecule has 5 heteroatoms. The minimum absolute atomic E-state index is 0.174. The van der Waals surface area contributed by atoms with E-state index in [-0.39, 0.29) is 11.5 Å². The SMILES string of the molecule is CN1CC2(CCN(Cc3cccc(O)c3)CC2)C[C@H]1C(=O)O. The number of likely N-dealkylation sites (tertiary alicyclic amines) is 2. The highest BCUT2D eigenvalue weighted by Gasteiger charge is 2.46. The van der Waals surface area contributed by atoms with Crippen molar-refractivity contribution in [3.05, 3.63) is 29.8 Å². The number of hydrogen-bond acceptors (Lipinski definition) is 4. The number of phenols is 1. The van der Waals surface area contributed by atoms with Crippen LogP contribution in [-0.2, 0) is 11.3 Å². The molecule has 0 aromatic heterocycles. The van der Waals surface area contributed by atoms with Crippen LogP contribution >= 0.6 is 0 Å². The van der Waals surface area contributed by atoms with Gasteiger partial charge in [0.25, 0.3) is 0 Å². The van der Waals surface area contributed by atoms with E-state index in [1.165, 1.54) is 0 Å². The molecule has 2 fully saturated rings. The summed E-state index contributed by atoms with van der Waals surface area (Å²) in [7, 11) is 1.92. The first-order valence-corrected chi connectivity index (χ1v) is 7.91. The lowest BCUT2D eigenvalue weighted by Gasteiger charge is -2.39. The van der Waals surface area contributed by atoms with Crippen LogP contribution in [0.4, 0.5) is 0 Å². The Hall–Kier alpha value is -1.59. The predicted octanol–water partition coefficient (Wildman–Crippen LogP) is 1.76. The van der Waals surface area contributed by atoms with Gasteiger partial charge in [-0.1, -0.05) is 12.1 Å². The second-order valence-electron chi connectivity index (χ2n) is 6.92. The van der Waals surface area contributed by atoms with Gasteiger partial charge in [-0.15, -0.1) is 0 Å². The van der Waals surface area contributed by atoms with Gasteiger partial charge >= 0.3 is 5.97 Å². The van der Waals surface area contributed by atoms with Gasteiger partial charge in [-0.2, -0.15) is 0 Å². The Bertz CT molecular complexity index is 553. The molecular weight excluding hydrogens is 280 g/mol. The molecule has 1 aromatic carbocycles. The number of aromatic hydroxyl groups is 1. The molecule has 1 aromatic rings. The quantitative estimate of drug-likeness (QED) is 0.891. The number of likely N-dealkylation sites (N-methyl/N-ethyl adjacent to an activating group) is 1. The minimum atomic E-state index is -0.693. The molecule has 120 valence electrons. The van der Waals surface area contributed by atoms with Gasteiger partial charge in [0.15, 0.2) is 0 Å². The average molecular weight is 304 g/mol. The minimum Gasteiger partial charge on any atom is -0.508 e. The summed E-state index contributed by atoms with van der Waals surface area (Å²) in [5.41, 5.74) is 1.30. The van der Waals surface area contributed by atoms with Crippen molar-refractivity contribution in [2.24, 2.45) is 5.41 Å². The van der Waals surface area contributed by atoms with Crippen molar-refractivity contribution in [2.75, 3.05) is 26.7 Å². The van der Waals surface area contributed by atoms with Gasteiger partial charge in [0.1, 0.15) is 11.8 Å². The number of nitrogens with zero attached hydrogens (tertiary/aromatic N) is 2. The Balaban J connectivity index is 1.58. The number of benzene rings is 1. The predicted molar refractivity (Wildman–Crippen MR) is 83.7 cm³/mol. The summed E-state index contributed by atoms with van der Waals surface area (Å²) in [6, 6.07) is 7.09. The molecular formula is C17H24N2O3. The van der Waals surface area contributed by atoms with E-state index in [1.807, 2.05) is 30.1 Å². The van der Waals surface area contributed by atoms with Crippen LogP contribution in [0.3, 0.4) is 0 Å². The van der Waals surface area contributed by atoms with Gasteiger partial charge in [0.2, 0.25) is 0 Å². The highest BCUT2D eigenvalue weighted by Crippen LogP contribution is 2.43. The van der Waals surface area contributed by atoms with Gasteiger partial charge in [0, 0.05) is 13.1 Å². The van der Waals surface area contributed by atoms with E-state index >= 15 is 0 Å². The molecule has 2 saturated heterocycles. The zero-order chi connectivity index (χ0) is 15.7. The lowest BCUT2D eigenvalue weighted by atomic mass is 9.76. The number of phenolic OH excluding ortho intramolecular Hbond substituents is 1. The molecule has 3 rings (SSSR count). The van der Waals surface area contributed by atoms with Crippen molar-refractivity contribution in [2.45, 2.75) is 31.8 Å². The molecule has 2 aliphatic rings. The highest BCUT2D eigenvalue weighted by atomic mass is 16.4. The number of aliphatic carboxylic acids is 1. The molecule has 5 nitrogen and oxygen atoms in total. The average Bonchev–Trinajstić information content (AvgIpc) is 2.79. The first kappa shape index (κ1) is 15.3. The van der Waals surface area contributed by atoms with Crippen LogP contribution in [0.25, 0.3) is 0 Å². The smallest absolute Gasteiger partial charge is 0.320 e. The topological polar surface area (TPSA) is 64.0 Å². The molecule has 0 aliphatic carbocycles.